The van der Waals surface area contributed by atoms with E-state index in [1.807, 2.05) is 0 Å². The highest BCUT2D eigenvalue weighted by atomic mass is 32.2. The predicted molar refractivity (Wildman–Crippen MR) is 60.2 cm³/mol. The summed E-state index contributed by atoms with van der Waals surface area (Å²) in [5.74, 6) is 3.69. The van der Waals surface area contributed by atoms with Crippen molar-refractivity contribution in [3.63, 3.8) is 0 Å². The van der Waals surface area contributed by atoms with Crippen molar-refractivity contribution in [1.82, 2.24) is 5.32 Å². The monoisotopic (exact) mass is 199 g/mol. The van der Waals surface area contributed by atoms with Crippen LogP contribution in [0.15, 0.2) is 0 Å². The number of nitrogens with one attached hydrogen (secondary N) is 1. The Kier molecular flexibility index (Phi) is 2.89. The number of hydrogen-bond donors (Lipinski definition) is 1. The van der Waals surface area contributed by atoms with Crippen molar-refractivity contribution in [2.75, 3.05) is 18.1 Å². The van der Waals surface area contributed by atoms with Gasteiger partial charge in [-0.2, -0.15) is 11.8 Å². The molecule has 1 N–H and O–H groups in total. The van der Waals surface area contributed by atoms with Gasteiger partial charge in [0.05, 0.1) is 0 Å². The highest BCUT2D eigenvalue weighted by molar-refractivity contribution is 7.99. The molecule has 1 atom stereocenters. The first-order valence-corrected chi connectivity index (χ1v) is 6.62. The molecule has 13 heavy (non-hydrogen) atoms. The molecule has 0 aromatic rings. The quantitative estimate of drug-likeness (QED) is 0.749. The molecule has 1 saturated heterocycles. The van der Waals surface area contributed by atoms with Gasteiger partial charge in [-0.1, -0.05) is 13.8 Å². The van der Waals surface area contributed by atoms with Gasteiger partial charge in [-0.25, -0.2) is 0 Å². The lowest BCUT2D eigenvalue weighted by Gasteiger charge is -2.35. The zero-order chi connectivity index (χ0) is 9.31. The minimum absolute atomic E-state index is 0.560. The first kappa shape index (κ1) is 9.85. The molecule has 2 aliphatic rings. The van der Waals surface area contributed by atoms with Gasteiger partial charge in [-0.05, 0) is 42.9 Å². The molecule has 1 aliphatic heterocycles. The third kappa shape index (κ3) is 3.17. The van der Waals surface area contributed by atoms with Gasteiger partial charge < -0.3 is 5.32 Å². The Hall–Kier alpha value is 0.310. The Morgan fingerprint density at radius 2 is 2.15 bits per heavy atom. The molecule has 0 spiro atoms. The van der Waals surface area contributed by atoms with Crippen molar-refractivity contribution < 1.29 is 0 Å². The summed E-state index contributed by atoms with van der Waals surface area (Å²) >= 11 is 2.12. The molecule has 0 radical (unpaired) electrons. The summed E-state index contributed by atoms with van der Waals surface area (Å²) in [5.41, 5.74) is 0.560. The molecule has 1 nitrogen and oxygen atoms in total. The molecule has 1 unspecified atom stereocenters. The third-order valence-corrected chi connectivity index (χ3v) is 4.63. The highest BCUT2D eigenvalue weighted by Crippen LogP contribution is 2.34. The topological polar surface area (TPSA) is 12.0 Å². The largest absolute Gasteiger partial charge is 0.313 e. The molecule has 2 heteroatoms. The highest BCUT2D eigenvalue weighted by Gasteiger charge is 2.29. The lowest BCUT2D eigenvalue weighted by atomic mass is 9.88. The molecule has 0 bridgehead atoms. The Labute approximate surface area is 86.0 Å². The molecule has 1 heterocycles. The van der Waals surface area contributed by atoms with Crippen molar-refractivity contribution in [2.45, 2.75) is 39.2 Å². The van der Waals surface area contributed by atoms with Crippen LogP contribution in [0.2, 0.25) is 0 Å². The van der Waals surface area contributed by atoms with Gasteiger partial charge in [0.25, 0.3) is 0 Å². The van der Waals surface area contributed by atoms with E-state index in [0.717, 1.165) is 12.0 Å². The van der Waals surface area contributed by atoms with Gasteiger partial charge in [0.2, 0.25) is 0 Å². The van der Waals surface area contributed by atoms with Crippen LogP contribution in [-0.2, 0) is 0 Å². The van der Waals surface area contributed by atoms with E-state index in [-0.39, 0.29) is 0 Å². The molecular formula is C11H21NS. The van der Waals surface area contributed by atoms with Crippen LogP contribution in [0.3, 0.4) is 0 Å². The SMILES string of the molecule is CC1(C)CSCC(NCC2CC2)C1. The van der Waals surface area contributed by atoms with E-state index < -0.39 is 0 Å². The number of hydrogen-bond acceptors (Lipinski definition) is 2. The van der Waals surface area contributed by atoms with Crippen LogP contribution in [0, 0.1) is 11.3 Å². The zero-order valence-corrected chi connectivity index (χ0v) is 9.62. The van der Waals surface area contributed by atoms with Crippen molar-refractivity contribution >= 4 is 11.8 Å². The molecule has 0 aromatic carbocycles. The van der Waals surface area contributed by atoms with Crippen molar-refractivity contribution in [3.05, 3.63) is 0 Å². The zero-order valence-electron chi connectivity index (χ0n) is 8.81. The lowest BCUT2D eigenvalue weighted by Crippen LogP contribution is -2.41. The summed E-state index contributed by atoms with van der Waals surface area (Å²) in [5, 5.41) is 3.72. The summed E-state index contributed by atoms with van der Waals surface area (Å²) in [6.07, 6.45) is 4.30. The Morgan fingerprint density at radius 1 is 1.38 bits per heavy atom. The second kappa shape index (κ2) is 3.82. The molecular weight excluding hydrogens is 178 g/mol. The van der Waals surface area contributed by atoms with Gasteiger partial charge in [-0.3, -0.25) is 0 Å². The maximum absolute atomic E-state index is 3.72. The van der Waals surface area contributed by atoms with E-state index in [1.165, 1.54) is 37.3 Å². The van der Waals surface area contributed by atoms with Crippen molar-refractivity contribution in [3.8, 4) is 0 Å². The van der Waals surface area contributed by atoms with Crippen LogP contribution < -0.4 is 5.32 Å². The Balaban J connectivity index is 1.71. The smallest absolute Gasteiger partial charge is 0.0163 e. The average Bonchev–Trinajstić information content (AvgIpc) is 2.82. The standard InChI is InChI=1S/C11H21NS/c1-11(2)5-10(7-13-8-11)12-6-9-3-4-9/h9-10,12H,3-8H2,1-2H3. The third-order valence-electron chi connectivity index (χ3n) is 3.00. The van der Waals surface area contributed by atoms with Gasteiger partial charge >= 0.3 is 0 Å². The van der Waals surface area contributed by atoms with Crippen LogP contribution in [0.5, 0.6) is 0 Å². The molecule has 0 aromatic heterocycles. The molecule has 0 amide bonds. The lowest BCUT2D eigenvalue weighted by molar-refractivity contribution is 0.316. The number of rotatable bonds is 3. The fourth-order valence-electron chi connectivity index (χ4n) is 2.05. The maximum atomic E-state index is 3.72. The first-order chi connectivity index (χ1) is 6.16. The van der Waals surface area contributed by atoms with Crippen LogP contribution >= 0.6 is 11.8 Å². The molecule has 1 aliphatic carbocycles. The summed E-state index contributed by atoms with van der Waals surface area (Å²) in [6.45, 7) is 6.07. The van der Waals surface area contributed by atoms with Crippen LogP contribution in [-0.4, -0.2) is 24.1 Å². The summed E-state index contributed by atoms with van der Waals surface area (Å²) in [7, 11) is 0. The minimum Gasteiger partial charge on any atom is -0.313 e. The predicted octanol–water partition coefficient (Wildman–Crippen LogP) is 2.52. The Bertz CT molecular complexity index is 175. The van der Waals surface area contributed by atoms with Gasteiger partial charge in [-0.15, -0.1) is 0 Å². The summed E-state index contributed by atoms with van der Waals surface area (Å²) in [4.78, 5) is 0. The average molecular weight is 199 g/mol. The van der Waals surface area contributed by atoms with E-state index in [9.17, 15) is 0 Å². The maximum Gasteiger partial charge on any atom is 0.0163 e. The molecule has 2 rings (SSSR count). The van der Waals surface area contributed by atoms with Crippen molar-refractivity contribution in [2.24, 2.45) is 11.3 Å². The van der Waals surface area contributed by atoms with Gasteiger partial charge in [0, 0.05) is 11.8 Å². The second-order valence-electron chi connectivity index (χ2n) is 5.43. The van der Waals surface area contributed by atoms with Crippen LogP contribution in [0.1, 0.15) is 33.1 Å². The molecule has 76 valence electrons. The first-order valence-electron chi connectivity index (χ1n) is 5.47. The Morgan fingerprint density at radius 3 is 2.77 bits per heavy atom. The van der Waals surface area contributed by atoms with E-state index in [2.05, 4.69) is 30.9 Å². The van der Waals surface area contributed by atoms with E-state index in [0.29, 0.717) is 5.41 Å². The van der Waals surface area contributed by atoms with E-state index in [1.54, 1.807) is 0 Å². The second-order valence-corrected chi connectivity index (χ2v) is 6.46. The van der Waals surface area contributed by atoms with Crippen LogP contribution in [0.4, 0.5) is 0 Å². The summed E-state index contributed by atoms with van der Waals surface area (Å²) < 4.78 is 0. The van der Waals surface area contributed by atoms with Crippen LogP contribution in [0.25, 0.3) is 0 Å². The number of thioether (sulfide) groups is 1. The fraction of sp³-hybridized carbons (Fsp3) is 1.00. The molecule has 1 saturated carbocycles. The molecule has 2 fully saturated rings. The fourth-order valence-corrected chi connectivity index (χ4v) is 3.36. The van der Waals surface area contributed by atoms with Gasteiger partial charge in [0.15, 0.2) is 0 Å². The minimum atomic E-state index is 0.560. The van der Waals surface area contributed by atoms with E-state index in [4.69, 9.17) is 0 Å². The van der Waals surface area contributed by atoms with E-state index >= 15 is 0 Å². The normalized spacial score (nSPS) is 33.2. The summed E-state index contributed by atoms with van der Waals surface area (Å²) in [6, 6.07) is 0.786. The van der Waals surface area contributed by atoms with Crippen molar-refractivity contribution in [1.29, 1.82) is 0 Å². The van der Waals surface area contributed by atoms with Gasteiger partial charge in [0.1, 0.15) is 0 Å².